The molecule has 0 amide bonds. The maximum atomic E-state index is 12.9. The van der Waals surface area contributed by atoms with Gasteiger partial charge in [0.05, 0.1) is 0 Å². The SMILES string of the molecule is CNCCc1cccc(C(C)(F)F)c1. The maximum absolute atomic E-state index is 12.9. The van der Waals surface area contributed by atoms with Crippen LogP contribution >= 0.6 is 0 Å². The van der Waals surface area contributed by atoms with Crippen LogP contribution in [-0.4, -0.2) is 13.6 Å². The second kappa shape index (κ2) is 4.51. The summed E-state index contributed by atoms with van der Waals surface area (Å²) in [6, 6.07) is 6.57. The van der Waals surface area contributed by atoms with E-state index in [9.17, 15) is 8.78 Å². The van der Waals surface area contributed by atoms with E-state index in [1.54, 1.807) is 12.1 Å². The fourth-order valence-corrected chi connectivity index (χ4v) is 1.27. The van der Waals surface area contributed by atoms with E-state index in [4.69, 9.17) is 0 Å². The van der Waals surface area contributed by atoms with Crippen LogP contribution in [0.4, 0.5) is 8.78 Å². The summed E-state index contributed by atoms with van der Waals surface area (Å²) in [5, 5.41) is 2.99. The van der Waals surface area contributed by atoms with Gasteiger partial charge in [0.15, 0.2) is 0 Å². The Morgan fingerprint density at radius 3 is 2.64 bits per heavy atom. The maximum Gasteiger partial charge on any atom is 0.270 e. The van der Waals surface area contributed by atoms with E-state index in [1.165, 1.54) is 6.07 Å². The second-order valence-corrected chi connectivity index (χ2v) is 3.44. The van der Waals surface area contributed by atoms with Gasteiger partial charge in [0.25, 0.3) is 5.92 Å². The van der Waals surface area contributed by atoms with Crippen molar-refractivity contribution in [3.8, 4) is 0 Å². The van der Waals surface area contributed by atoms with Gasteiger partial charge in [-0.2, -0.15) is 0 Å². The molecule has 0 saturated heterocycles. The lowest BCUT2D eigenvalue weighted by Gasteiger charge is -2.11. The third-order valence-electron chi connectivity index (χ3n) is 2.10. The average molecular weight is 199 g/mol. The van der Waals surface area contributed by atoms with Crippen LogP contribution in [-0.2, 0) is 12.3 Å². The van der Waals surface area contributed by atoms with Crippen LogP contribution in [0, 0.1) is 0 Å². The minimum Gasteiger partial charge on any atom is -0.319 e. The smallest absolute Gasteiger partial charge is 0.270 e. The van der Waals surface area contributed by atoms with Crippen LogP contribution in [0.3, 0.4) is 0 Å². The molecule has 0 spiro atoms. The molecular weight excluding hydrogens is 184 g/mol. The van der Waals surface area contributed by atoms with Crippen molar-refractivity contribution in [1.82, 2.24) is 5.32 Å². The van der Waals surface area contributed by atoms with Crippen LogP contribution in [0.25, 0.3) is 0 Å². The molecule has 1 N–H and O–H groups in total. The third-order valence-corrected chi connectivity index (χ3v) is 2.10. The molecular formula is C11H15F2N. The van der Waals surface area contributed by atoms with Gasteiger partial charge in [0.2, 0.25) is 0 Å². The highest BCUT2D eigenvalue weighted by atomic mass is 19.3. The summed E-state index contributed by atoms with van der Waals surface area (Å²) in [4.78, 5) is 0. The standard InChI is InChI=1S/C11H15F2N/c1-11(12,13)10-5-3-4-9(8-10)6-7-14-2/h3-5,8,14H,6-7H2,1-2H3. The number of hydrogen-bond acceptors (Lipinski definition) is 1. The third kappa shape index (κ3) is 3.07. The largest absolute Gasteiger partial charge is 0.319 e. The quantitative estimate of drug-likeness (QED) is 0.785. The van der Waals surface area contributed by atoms with Crippen molar-refractivity contribution in [2.45, 2.75) is 19.3 Å². The highest BCUT2D eigenvalue weighted by Gasteiger charge is 2.23. The molecule has 1 aromatic carbocycles. The van der Waals surface area contributed by atoms with E-state index in [2.05, 4.69) is 5.32 Å². The monoisotopic (exact) mass is 199 g/mol. The topological polar surface area (TPSA) is 12.0 Å². The zero-order chi connectivity index (χ0) is 10.6. The Labute approximate surface area is 83.1 Å². The molecule has 3 heteroatoms. The van der Waals surface area contributed by atoms with Crippen LogP contribution in [0.2, 0.25) is 0 Å². The van der Waals surface area contributed by atoms with Gasteiger partial charge in [-0.25, -0.2) is 8.78 Å². The lowest BCUT2D eigenvalue weighted by Crippen LogP contribution is -2.12. The first-order valence-electron chi connectivity index (χ1n) is 4.66. The van der Waals surface area contributed by atoms with E-state index in [1.807, 2.05) is 13.1 Å². The van der Waals surface area contributed by atoms with E-state index >= 15 is 0 Å². The molecule has 14 heavy (non-hydrogen) atoms. The molecule has 0 saturated carbocycles. The highest BCUT2D eigenvalue weighted by molar-refractivity contribution is 5.26. The Morgan fingerprint density at radius 1 is 1.36 bits per heavy atom. The second-order valence-electron chi connectivity index (χ2n) is 3.44. The van der Waals surface area contributed by atoms with Gasteiger partial charge in [0.1, 0.15) is 0 Å². The van der Waals surface area contributed by atoms with Crippen molar-refractivity contribution in [1.29, 1.82) is 0 Å². The predicted octanol–water partition coefficient (Wildman–Crippen LogP) is 2.56. The molecule has 1 rings (SSSR count). The molecule has 0 atom stereocenters. The summed E-state index contributed by atoms with van der Waals surface area (Å²) < 4.78 is 25.9. The number of alkyl halides is 2. The number of likely N-dealkylation sites (N-methyl/N-ethyl adjacent to an activating group) is 1. The zero-order valence-electron chi connectivity index (χ0n) is 8.48. The van der Waals surface area contributed by atoms with Crippen LogP contribution in [0.1, 0.15) is 18.1 Å². The lowest BCUT2D eigenvalue weighted by molar-refractivity contribution is 0.0174. The first-order chi connectivity index (χ1) is 6.54. The zero-order valence-corrected chi connectivity index (χ0v) is 8.48. The Morgan fingerprint density at radius 2 is 2.07 bits per heavy atom. The average Bonchev–Trinajstić information content (AvgIpc) is 2.14. The van der Waals surface area contributed by atoms with Crippen LogP contribution in [0.5, 0.6) is 0 Å². The summed E-state index contributed by atoms with van der Waals surface area (Å²) in [5.41, 5.74) is 1.03. The van der Waals surface area contributed by atoms with E-state index in [0.717, 1.165) is 25.5 Å². The molecule has 0 radical (unpaired) electrons. The van der Waals surface area contributed by atoms with Crippen molar-refractivity contribution in [3.63, 3.8) is 0 Å². The summed E-state index contributed by atoms with van der Waals surface area (Å²) in [5.74, 6) is -2.74. The Hall–Kier alpha value is -0.960. The van der Waals surface area contributed by atoms with E-state index in [-0.39, 0.29) is 5.56 Å². The van der Waals surface area contributed by atoms with Gasteiger partial charge in [0, 0.05) is 12.5 Å². The van der Waals surface area contributed by atoms with Crippen molar-refractivity contribution >= 4 is 0 Å². The van der Waals surface area contributed by atoms with Crippen LogP contribution in [0.15, 0.2) is 24.3 Å². The van der Waals surface area contributed by atoms with E-state index < -0.39 is 5.92 Å². The lowest BCUT2D eigenvalue weighted by atomic mass is 10.0. The molecule has 0 aliphatic heterocycles. The number of nitrogens with one attached hydrogen (secondary N) is 1. The Balaban J connectivity index is 2.79. The number of hydrogen-bond donors (Lipinski definition) is 1. The van der Waals surface area contributed by atoms with E-state index in [0.29, 0.717) is 0 Å². The van der Waals surface area contributed by atoms with Crippen molar-refractivity contribution < 1.29 is 8.78 Å². The van der Waals surface area contributed by atoms with Crippen molar-refractivity contribution in [2.24, 2.45) is 0 Å². The van der Waals surface area contributed by atoms with Gasteiger partial charge in [-0.3, -0.25) is 0 Å². The van der Waals surface area contributed by atoms with Gasteiger partial charge in [-0.15, -0.1) is 0 Å². The van der Waals surface area contributed by atoms with Crippen molar-refractivity contribution in [2.75, 3.05) is 13.6 Å². The normalized spacial score (nSPS) is 11.7. The summed E-state index contributed by atoms with van der Waals surface area (Å²) in [7, 11) is 1.85. The molecule has 0 heterocycles. The summed E-state index contributed by atoms with van der Waals surface area (Å²) >= 11 is 0. The number of halogens is 2. The summed E-state index contributed by atoms with van der Waals surface area (Å²) in [6.45, 7) is 1.73. The fraction of sp³-hybridized carbons (Fsp3) is 0.455. The molecule has 78 valence electrons. The first-order valence-corrected chi connectivity index (χ1v) is 4.66. The first kappa shape index (κ1) is 11.1. The van der Waals surface area contributed by atoms with Gasteiger partial charge in [-0.05, 0) is 31.6 Å². The highest BCUT2D eigenvalue weighted by Crippen LogP contribution is 2.27. The number of benzene rings is 1. The molecule has 0 unspecified atom stereocenters. The van der Waals surface area contributed by atoms with Gasteiger partial charge >= 0.3 is 0 Å². The molecule has 1 aromatic rings. The number of rotatable bonds is 4. The molecule has 0 fully saturated rings. The summed E-state index contributed by atoms with van der Waals surface area (Å²) in [6.07, 6.45) is 0.778. The van der Waals surface area contributed by atoms with Crippen LogP contribution < -0.4 is 5.32 Å². The molecule has 0 aliphatic carbocycles. The Kier molecular flexibility index (Phi) is 3.58. The minimum atomic E-state index is -2.74. The Bertz CT molecular complexity index is 292. The van der Waals surface area contributed by atoms with Gasteiger partial charge < -0.3 is 5.32 Å². The fourth-order valence-electron chi connectivity index (χ4n) is 1.27. The molecule has 0 aromatic heterocycles. The molecule has 1 nitrogen and oxygen atoms in total. The van der Waals surface area contributed by atoms with Gasteiger partial charge in [-0.1, -0.05) is 18.2 Å². The molecule has 0 bridgehead atoms. The van der Waals surface area contributed by atoms with Crippen molar-refractivity contribution in [3.05, 3.63) is 35.4 Å². The molecule has 0 aliphatic rings. The predicted molar refractivity (Wildman–Crippen MR) is 53.6 cm³/mol. The minimum absolute atomic E-state index is 0.0890.